The first-order chi connectivity index (χ1) is 13.3. The zero-order valence-electron chi connectivity index (χ0n) is 17.2. The maximum atomic E-state index is 13.1. The molecule has 0 bridgehead atoms. The molecule has 0 radical (unpaired) electrons. The Labute approximate surface area is 174 Å². The van der Waals surface area contributed by atoms with Crippen LogP contribution in [0.4, 0.5) is 5.69 Å². The summed E-state index contributed by atoms with van der Waals surface area (Å²) < 4.78 is 12.3. The van der Waals surface area contributed by atoms with E-state index in [1.54, 1.807) is 13.8 Å². The normalized spacial score (nSPS) is 10.9. The van der Waals surface area contributed by atoms with Gasteiger partial charge in [0, 0.05) is 22.3 Å². The van der Waals surface area contributed by atoms with Crippen LogP contribution in [0.15, 0.2) is 25.8 Å². The monoisotopic (exact) mass is 449 g/mol. The maximum absolute atomic E-state index is 13.1. The highest BCUT2D eigenvalue weighted by atomic mass is 79.9. The van der Waals surface area contributed by atoms with Gasteiger partial charge in [-0.25, -0.2) is 0 Å². The first-order valence-electron chi connectivity index (χ1n) is 9.67. The standard InChI is InChI=1S/C22H28BrNO4/c1-6-9-27-12-18-19(21(25)13(4)14(5)28-18)22(26)24-20-15(7-2)10-17(23)11-16(20)8-3/h10-11H,6-9,12H2,1-5H3,(H,24,26). The number of benzene rings is 1. The van der Waals surface area contributed by atoms with Crippen LogP contribution in [0.5, 0.6) is 0 Å². The Hall–Kier alpha value is -1.92. The van der Waals surface area contributed by atoms with Crippen molar-refractivity contribution in [3.8, 4) is 0 Å². The van der Waals surface area contributed by atoms with Crippen molar-refractivity contribution < 1.29 is 13.9 Å². The van der Waals surface area contributed by atoms with Crippen LogP contribution in [0.3, 0.4) is 0 Å². The summed E-state index contributed by atoms with van der Waals surface area (Å²) in [4.78, 5) is 26.0. The van der Waals surface area contributed by atoms with Crippen molar-refractivity contribution in [3.63, 3.8) is 0 Å². The molecule has 0 spiro atoms. The molecule has 0 unspecified atom stereocenters. The van der Waals surface area contributed by atoms with Gasteiger partial charge in [-0.05, 0) is 56.4 Å². The molecule has 1 heterocycles. The molecule has 0 saturated carbocycles. The van der Waals surface area contributed by atoms with Crippen LogP contribution in [-0.2, 0) is 24.2 Å². The Morgan fingerprint density at radius 3 is 2.29 bits per heavy atom. The second-order valence-electron chi connectivity index (χ2n) is 6.72. The van der Waals surface area contributed by atoms with Gasteiger partial charge in [-0.3, -0.25) is 9.59 Å². The number of ether oxygens (including phenoxy) is 1. The molecule has 1 amide bonds. The molecular formula is C22H28BrNO4. The minimum atomic E-state index is -0.460. The van der Waals surface area contributed by atoms with Gasteiger partial charge in [-0.15, -0.1) is 0 Å². The van der Waals surface area contributed by atoms with Gasteiger partial charge in [-0.2, -0.15) is 0 Å². The Morgan fingerprint density at radius 2 is 1.75 bits per heavy atom. The van der Waals surface area contributed by atoms with Crippen LogP contribution < -0.4 is 10.7 Å². The van der Waals surface area contributed by atoms with E-state index in [-0.39, 0.29) is 23.4 Å². The van der Waals surface area contributed by atoms with Gasteiger partial charge in [0.15, 0.2) is 0 Å². The molecule has 6 heteroatoms. The summed E-state index contributed by atoms with van der Waals surface area (Å²) >= 11 is 3.52. The van der Waals surface area contributed by atoms with E-state index in [0.717, 1.165) is 40.5 Å². The van der Waals surface area contributed by atoms with Crippen LogP contribution in [0.25, 0.3) is 0 Å². The summed E-state index contributed by atoms with van der Waals surface area (Å²) in [6.07, 6.45) is 2.36. The number of carbonyl (C=O) groups is 1. The maximum Gasteiger partial charge on any atom is 0.263 e. The van der Waals surface area contributed by atoms with Gasteiger partial charge in [0.2, 0.25) is 5.43 Å². The molecule has 152 valence electrons. The number of amides is 1. The molecule has 0 fully saturated rings. The van der Waals surface area contributed by atoms with Crippen molar-refractivity contribution in [2.75, 3.05) is 11.9 Å². The predicted molar refractivity (Wildman–Crippen MR) is 115 cm³/mol. The minimum Gasteiger partial charge on any atom is -0.463 e. The van der Waals surface area contributed by atoms with Gasteiger partial charge in [0.05, 0.1) is 0 Å². The lowest BCUT2D eigenvalue weighted by molar-refractivity contribution is 0.0952. The molecule has 5 nitrogen and oxygen atoms in total. The number of rotatable bonds is 8. The van der Waals surface area contributed by atoms with Gasteiger partial charge in [0.25, 0.3) is 5.91 Å². The number of halogens is 1. The molecule has 1 N–H and O–H groups in total. The molecule has 0 aliphatic rings. The zero-order valence-corrected chi connectivity index (χ0v) is 18.8. The highest BCUT2D eigenvalue weighted by Gasteiger charge is 2.23. The molecule has 1 aromatic heterocycles. The van der Waals surface area contributed by atoms with Crippen molar-refractivity contribution in [2.45, 2.75) is 60.5 Å². The first-order valence-corrected chi connectivity index (χ1v) is 10.5. The molecule has 0 atom stereocenters. The third kappa shape index (κ3) is 4.92. The van der Waals surface area contributed by atoms with Gasteiger partial charge in [0.1, 0.15) is 23.7 Å². The zero-order chi connectivity index (χ0) is 20.8. The molecule has 2 aromatic rings. The third-order valence-corrected chi connectivity index (χ3v) is 5.18. The summed E-state index contributed by atoms with van der Waals surface area (Å²) in [5.74, 6) is 0.315. The summed E-state index contributed by atoms with van der Waals surface area (Å²) in [6, 6.07) is 3.98. The Bertz CT molecular complexity index is 892. The lowest BCUT2D eigenvalue weighted by Gasteiger charge is -2.17. The van der Waals surface area contributed by atoms with Crippen LogP contribution >= 0.6 is 15.9 Å². The van der Waals surface area contributed by atoms with E-state index in [1.165, 1.54) is 0 Å². The lowest BCUT2D eigenvalue weighted by Crippen LogP contribution is -2.27. The molecule has 28 heavy (non-hydrogen) atoms. The average molecular weight is 450 g/mol. The van der Waals surface area contributed by atoms with Crippen LogP contribution in [-0.4, -0.2) is 12.5 Å². The first kappa shape index (κ1) is 22.4. The number of carbonyl (C=O) groups excluding carboxylic acids is 1. The number of aryl methyl sites for hydroxylation is 3. The van der Waals surface area contributed by atoms with Crippen LogP contribution in [0.2, 0.25) is 0 Å². The van der Waals surface area contributed by atoms with E-state index in [9.17, 15) is 9.59 Å². The number of nitrogens with one attached hydrogen (secondary N) is 1. The lowest BCUT2D eigenvalue weighted by atomic mass is 10.0. The predicted octanol–water partition coefficient (Wildman–Crippen LogP) is 5.32. The fourth-order valence-corrected chi connectivity index (χ4v) is 3.60. The summed E-state index contributed by atoms with van der Waals surface area (Å²) in [5.41, 5.74) is 2.92. The number of hydrogen-bond donors (Lipinski definition) is 1. The van der Waals surface area contributed by atoms with Gasteiger partial charge < -0.3 is 14.5 Å². The van der Waals surface area contributed by atoms with Crippen LogP contribution in [0.1, 0.15) is 65.8 Å². The van der Waals surface area contributed by atoms with Crippen molar-refractivity contribution in [2.24, 2.45) is 0 Å². The third-order valence-electron chi connectivity index (χ3n) is 4.73. The smallest absolute Gasteiger partial charge is 0.263 e. The fourth-order valence-electron chi connectivity index (χ4n) is 3.05. The van der Waals surface area contributed by atoms with Gasteiger partial charge >= 0.3 is 0 Å². The number of anilines is 1. The van der Waals surface area contributed by atoms with Crippen molar-refractivity contribution in [3.05, 3.63) is 60.6 Å². The molecule has 2 rings (SSSR count). The van der Waals surface area contributed by atoms with Crippen molar-refractivity contribution in [1.82, 2.24) is 0 Å². The number of hydrogen-bond acceptors (Lipinski definition) is 4. The quantitative estimate of drug-likeness (QED) is 0.553. The van der Waals surface area contributed by atoms with E-state index in [4.69, 9.17) is 9.15 Å². The minimum absolute atomic E-state index is 0.0197. The highest BCUT2D eigenvalue weighted by Crippen LogP contribution is 2.28. The Kier molecular flexibility index (Phi) is 8.01. The second kappa shape index (κ2) is 10.0. The second-order valence-corrected chi connectivity index (χ2v) is 7.64. The summed E-state index contributed by atoms with van der Waals surface area (Å²) in [6.45, 7) is 10.1. The molecule has 0 aliphatic carbocycles. The molecule has 0 aliphatic heterocycles. The largest absolute Gasteiger partial charge is 0.463 e. The van der Waals surface area contributed by atoms with E-state index in [1.807, 2.05) is 32.9 Å². The highest BCUT2D eigenvalue weighted by molar-refractivity contribution is 9.10. The molecular weight excluding hydrogens is 422 g/mol. The SMILES string of the molecule is CCCOCc1oc(C)c(C)c(=O)c1C(=O)Nc1c(CC)cc(Br)cc1CC. The average Bonchev–Trinajstić information content (AvgIpc) is 2.67. The molecule has 1 aromatic carbocycles. The van der Waals surface area contributed by atoms with E-state index >= 15 is 0 Å². The van der Waals surface area contributed by atoms with E-state index in [2.05, 4.69) is 21.2 Å². The van der Waals surface area contributed by atoms with Crippen molar-refractivity contribution in [1.29, 1.82) is 0 Å². The van der Waals surface area contributed by atoms with Crippen LogP contribution in [0, 0.1) is 13.8 Å². The van der Waals surface area contributed by atoms with E-state index in [0.29, 0.717) is 17.9 Å². The molecule has 0 saturated heterocycles. The van der Waals surface area contributed by atoms with Crippen molar-refractivity contribution >= 4 is 27.5 Å². The topological polar surface area (TPSA) is 68.5 Å². The summed E-state index contributed by atoms with van der Waals surface area (Å²) in [5, 5.41) is 2.97. The summed E-state index contributed by atoms with van der Waals surface area (Å²) in [7, 11) is 0. The van der Waals surface area contributed by atoms with E-state index < -0.39 is 5.91 Å². The Morgan fingerprint density at radius 1 is 1.14 bits per heavy atom. The fraction of sp³-hybridized carbons (Fsp3) is 0.455. The Balaban J connectivity index is 2.50. The van der Waals surface area contributed by atoms with Gasteiger partial charge in [-0.1, -0.05) is 36.7 Å².